The van der Waals surface area contributed by atoms with Crippen LogP contribution in [-0.2, 0) is 0 Å². The number of nitrogens with two attached hydrogens (primary N) is 1. The zero-order chi connectivity index (χ0) is 11.7. The molecule has 16 heavy (non-hydrogen) atoms. The van der Waals surface area contributed by atoms with E-state index in [0.717, 1.165) is 6.54 Å². The monoisotopic (exact) mass is 226 g/mol. The van der Waals surface area contributed by atoms with E-state index in [1.807, 2.05) is 0 Å². The molecule has 0 unspecified atom stereocenters. The highest BCUT2D eigenvalue weighted by Gasteiger charge is 2.31. The van der Waals surface area contributed by atoms with Crippen molar-refractivity contribution in [3.8, 4) is 0 Å². The molecule has 3 N–H and O–H groups in total. The van der Waals surface area contributed by atoms with Gasteiger partial charge >= 0.3 is 0 Å². The van der Waals surface area contributed by atoms with Gasteiger partial charge in [-0.2, -0.15) is 0 Å². The lowest BCUT2D eigenvalue weighted by Crippen LogP contribution is -2.48. The Balaban J connectivity index is 1.74. The molecule has 0 aromatic heterocycles. The lowest BCUT2D eigenvalue weighted by molar-refractivity contribution is 0.229. The molecule has 0 heterocycles. The molecular formula is C14H30N2. The van der Waals surface area contributed by atoms with Crippen molar-refractivity contribution in [2.45, 2.75) is 76.7 Å². The number of rotatable bonds is 10. The Labute approximate surface area is 101 Å². The minimum Gasteiger partial charge on any atom is -0.325 e. The molecule has 0 radical (unpaired) electrons. The topological polar surface area (TPSA) is 38.0 Å². The molecule has 0 bridgehead atoms. The van der Waals surface area contributed by atoms with E-state index in [0.29, 0.717) is 0 Å². The zero-order valence-electron chi connectivity index (χ0n) is 11.1. The molecule has 96 valence electrons. The van der Waals surface area contributed by atoms with Gasteiger partial charge in [0.2, 0.25) is 0 Å². The van der Waals surface area contributed by atoms with E-state index in [1.54, 1.807) is 0 Å². The molecule has 1 aliphatic rings. The molecule has 0 aliphatic heterocycles. The average Bonchev–Trinajstić information content (AvgIpc) is 2.24. The molecule has 0 aromatic carbocycles. The van der Waals surface area contributed by atoms with Gasteiger partial charge in [-0.1, -0.05) is 39.0 Å². The summed E-state index contributed by atoms with van der Waals surface area (Å²) < 4.78 is 0. The van der Waals surface area contributed by atoms with Crippen LogP contribution in [0.1, 0.15) is 71.1 Å². The van der Waals surface area contributed by atoms with Gasteiger partial charge in [-0.05, 0) is 45.2 Å². The van der Waals surface area contributed by atoms with Crippen molar-refractivity contribution in [1.29, 1.82) is 0 Å². The van der Waals surface area contributed by atoms with Gasteiger partial charge in [0.15, 0.2) is 0 Å². The zero-order valence-corrected chi connectivity index (χ0v) is 11.1. The van der Waals surface area contributed by atoms with E-state index in [4.69, 9.17) is 5.73 Å². The first-order valence-electron chi connectivity index (χ1n) is 7.26. The Morgan fingerprint density at radius 1 is 1.00 bits per heavy atom. The van der Waals surface area contributed by atoms with Gasteiger partial charge in [-0.15, -0.1) is 0 Å². The third kappa shape index (κ3) is 5.86. The first kappa shape index (κ1) is 14.0. The fraction of sp³-hybridized carbons (Fsp3) is 1.00. The minimum absolute atomic E-state index is 0.203. The lowest BCUT2D eigenvalue weighted by atomic mass is 9.75. The molecule has 1 aliphatic carbocycles. The molecular weight excluding hydrogens is 196 g/mol. The molecule has 0 saturated heterocycles. The van der Waals surface area contributed by atoms with Crippen LogP contribution in [0.5, 0.6) is 0 Å². The van der Waals surface area contributed by atoms with E-state index in [9.17, 15) is 0 Å². The van der Waals surface area contributed by atoms with Crippen molar-refractivity contribution in [1.82, 2.24) is 5.32 Å². The molecule has 0 aromatic rings. The van der Waals surface area contributed by atoms with Crippen LogP contribution in [0.3, 0.4) is 0 Å². The second kappa shape index (κ2) is 8.08. The maximum absolute atomic E-state index is 6.16. The van der Waals surface area contributed by atoms with E-state index in [2.05, 4.69) is 12.2 Å². The smallest absolute Gasteiger partial charge is 0.0166 e. The van der Waals surface area contributed by atoms with Crippen LogP contribution in [0.15, 0.2) is 0 Å². The van der Waals surface area contributed by atoms with Crippen molar-refractivity contribution in [2.75, 3.05) is 13.1 Å². The highest BCUT2D eigenvalue weighted by molar-refractivity contribution is 4.92. The minimum atomic E-state index is 0.203. The van der Waals surface area contributed by atoms with E-state index >= 15 is 0 Å². The second-order valence-electron chi connectivity index (χ2n) is 5.48. The van der Waals surface area contributed by atoms with E-state index < -0.39 is 0 Å². The van der Waals surface area contributed by atoms with E-state index in [1.165, 1.54) is 70.8 Å². The first-order valence-corrected chi connectivity index (χ1v) is 7.26. The maximum atomic E-state index is 6.16. The van der Waals surface area contributed by atoms with Gasteiger partial charge in [-0.25, -0.2) is 0 Å². The van der Waals surface area contributed by atoms with Crippen LogP contribution in [0, 0.1) is 0 Å². The summed E-state index contributed by atoms with van der Waals surface area (Å²) in [5.74, 6) is 0. The molecule has 2 nitrogen and oxygen atoms in total. The van der Waals surface area contributed by atoms with Crippen LogP contribution >= 0.6 is 0 Å². The summed E-state index contributed by atoms with van der Waals surface area (Å²) in [7, 11) is 0. The summed E-state index contributed by atoms with van der Waals surface area (Å²) in [5, 5.41) is 3.52. The Kier molecular flexibility index (Phi) is 7.06. The molecule has 0 spiro atoms. The van der Waals surface area contributed by atoms with E-state index in [-0.39, 0.29) is 5.54 Å². The average molecular weight is 226 g/mol. The predicted molar refractivity (Wildman–Crippen MR) is 71.6 cm³/mol. The number of unbranched alkanes of at least 4 members (excludes halogenated alkanes) is 5. The molecule has 1 saturated carbocycles. The van der Waals surface area contributed by atoms with Gasteiger partial charge < -0.3 is 11.1 Å². The third-order valence-electron chi connectivity index (χ3n) is 3.86. The summed E-state index contributed by atoms with van der Waals surface area (Å²) >= 11 is 0. The van der Waals surface area contributed by atoms with Gasteiger partial charge in [0, 0.05) is 5.54 Å². The normalized spacial score (nSPS) is 18.4. The highest BCUT2D eigenvalue weighted by atomic mass is 14.9. The van der Waals surface area contributed by atoms with Crippen molar-refractivity contribution >= 4 is 0 Å². The van der Waals surface area contributed by atoms with Crippen molar-refractivity contribution < 1.29 is 0 Å². The fourth-order valence-corrected chi connectivity index (χ4v) is 2.37. The van der Waals surface area contributed by atoms with Crippen molar-refractivity contribution in [3.63, 3.8) is 0 Å². The largest absolute Gasteiger partial charge is 0.325 e. The number of hydrogen-bond acceptors (Lipinski definition) is 2. The molecule has 1 rings (SSSR count). The third-order valence-corrected chi connectivity index (χ3v) is 3.86. The lowest BCUT2D eigenvalue weighted by Gasteiger charge is -2.38. The molecule has 2 heteroatoms. The Hall–Kier alpha value is -0.0800. The standard InChI is InChI=1S/C14H30N2/c1-2-3-4-5-6-7-12-16-13-11-14(15)9-8-10-14/h16H,2-13,15H2,1H3. The Morgan fingerprint density at radius 2 is 1.69 bits per heavy atom. The molecule has 1 fully saturated rings. The summed E-state index contributed by atoms with van der Waals surface area (Å²) in [6.45, 7) is 4.57. The number of hydrogen-bond donors (Lipinski definition) is 2. The van der Waals surface area contributed by atoms with Crippen molar-refractivity contribution in [3.05, 3.63) is 0 Å². The van der Waals surface area contributed by atoms with Crippen LogP contribution in [-0.4, -0.2) is 18.6 Å². The molecule has 0 atom stereocenters. The summed E-state index contributed by atoms with van der Waals surface area (Å²) in [6, 6.07) is 0. The SMILES string of the molecule is CCCCCCCCNCCC1(N)CCC1. The summed E-state index contributed by atoms with van der Waals surface area (Å²) in [5.41, 5.74) is 6.36. The van der Waals surface area contributed by atoms with Gasteiger partial charge in [-0.3, -0.25) is 0 Å². The Morgan fingerprint density at radius 3 is 2.31 bits per heavy atom. The maximum Gasteiger partial charge on any atom is 0.0166 e. The summed E-state index contributed by atoms with van der Waals surface area (Å²) in [6.07, 6.45) is 13.3. The summed E-state index contributed by atoms with van der Waals surface area (Å²) in [4.78, 5) is 0. The van der Waals surface area contributed by atoms with Crippen LogP contribution < -0.4 is 11.1 Å². The predicted octanol–water partition coefficient (Wildman–Crippen LogP) is 3.21. The fourth-order valence-electron chi connectivity index (χ4n) is 2.37. The first-order chi connectivity index (χ1) is 7.77. The van der Waals surface area contributed by atoms with Crippen LogP contribution in [0.4, 0.5) is 0 Å². The molecule has 0 amide bonds. The van der Waals surface area contributed by atoms with Crippen LogP contribution in [0.2, 0.25) is 0 Å². The second-order valence-corrected chi connectivity index (χ2v) is 5.48. The number of nitrogens with one attached hydrogen (secondary N) is 1. The quantitative estimate of drug-likeness (QED) is 0.561. The van der Waals surface area contributed by atoms with Gasteiger partial charge in [0.05, 0.1) is 0 Å². The van der Waals surface area contributed by atoms with Crippen molar-refractivity contribution in [2.24, 2.45) is 5.73 Å². The Bertz CT molecular complexity index is 164. The highest BCUT2D eigenvalue weighted by Crippen LogP contribution is 2.31. The van der Waals surface area contributed by atoms with Gasteiger partial charge in [0.25, 0.3) is 0 Å². The van der Waals surface area contributed by atoms with Gasteiger partial charge in [0.1, 0.15) is 0 Å². The van der Waals surface area contributed by atoms with Crippen LogP contribution in [0.25, 0.3) is 0 Å².